The van der Waals surface area contributed by atoms with E-state index >= 15 is 0 Å². The van der Waals surface area contributed by atoms with Gasteiger partial charge in [-0.15, -0.1) is 0 Å². The van der Waals surface area contributed by atoms with Crippen LogP contribution in [0.15, 0.2) is 77.8 Å². The lowest BCUT2D eigenvalue weighted by molar-refractivity contribution is 0.320. The number of hydrogen-bond acceptors (Lipinski definition) is 5. The molecule has 0 radical (unpaired) electrons. The zero-order valence-corrected chi connectivity index (χ0v) is 17.4. The molecule has 1 atom stereocenters. The quantitative estimate of drug-likeness (QED) is 0.608. The Hall–Kier alpha value is -3.01. The highest BCUT2D eigenvalue weighted by molar-refractivity contribution is 7.91. The van der Waals surface area contributed by atoms with Gasteiger partial charge < -0.3 is 0 Å². The van der Waals surface area contributed by atoms with Gasteiger partial charge in [-0.05, 0) is 47.7 Å². The van der Waals surface area contributed by atoms with Crippen molar-refractivity contribution < 1.29 is 8.42 Å². The lowest BCUT2D eigenvalue weighted by Crippen LogP contribution is -2.23. The van der Waals surface area contributed by atoms with Gasteiger partial charge in [0.1, 0.15) is 11.8 Å². The molecule has 2 heterocycles. The summed E-state index contributed by atoms with van der Waals surface area (Å²) in [5, 5.41) is 8.82. The third-order valence-electron chi connectivity index (χ3n) is 5.50. The summed E-state index contributed by atoms with van der Waals surface area (Å²) in [5.41, 5.74) is 3.85. The third-order valence-corrected chi connectivity index (χ3v) is 7.37. The molecule has 152 valence electrons. The minimum atomic E-state index is -3.40. The van der Waals surface area contributed by atoms with E-state index in [0.717, 1.165) is 26.1 Å². The average Bonchev–Trinajstić information content (AvgIpc) is 3.21. The maximum atomic E-state index is 12.7. The van der Waals surface area contributed by atoms with E-state index in [1.54, 1.807) is 0 Å². The normalized spacial score (nSPS) is 17.0. The van der Waals surface area contributed by atoms with E-state index in [-0.39, 0.29) is 22.3 Å². The molecule has 0 saturated carbocycles. The van der Waals surface area contributed by atoms with E-state index in [2.05, 4.69) is 46.3 Å². The molecule has 0 amide bonds. The number of nitriles is 1. The third kappa shape index (κ3) is 4.76. The van der Waals surface area contributed by atoms with E-state index < -0.39 is 9.84 Å². The molecule has 0 unspecified atom stereocenters. The van der Waals surface area contributed by atoms with Crippen LogP contribution in [0.4, 0.5) is 0 Å². The van der Waals surface area contributed by atoms with Crippen molar-refractivity contribution in [2.24, 2.45) is 5.92 Å². The summed E-state index contributed by atoms with van der Waals surface area (Å²) >= 11 is 0. The first-order valence-corrected chi connectivity index (χ1v) is 11.6. The van der Waals surface area contributed by atoms with Crippen molar-refractivity contribution in [3.05, 3.63) is 84.2 Å². The number of aromatic nitrogens is 1. The van der Waals surface area contributed by atoms with Crippen LogP contribution in [0.25, 0.3) is 11.1 Å². The van der Waals surface area contributed by atoms with Crippen LogP contribution in [-0.4, -0.2) is 37.1 Å². The summed E-state index contributed by atoms with van der Waals surface area (Å²) in [6.45, 7) is 2.49. The Bertz CT molecular complexity index is 1140. The highest BCUT2D eigenvalue weighted by atomic mass is 32.2. The molecule has 30 heavy (non-hydrogen) atoms. The molecule has 5 nitrogen and oxygen atoms in total. The fourth-order valence-corrected chi connectivity index (χ4v) is 5.49. The summed E-state index contributed by atoms with van der Waals surface area (Å²) in [7, 11) is -3.40. The van der Waals surface area contributed by atoms with Gasteiger partial charge in [0, 0.05) is 19.3 Å². The predicted octanol–water partition coefficient (Wildman–Crippen LogP) is 3.92. The summed E-state index contributed by atoms with van der Waals surface area (Å²) < 4.78 is 25.4. The summed E-state index contributed by atoms with van der Waals surface area (Å²) in [6.07, 6.45) is 2.15. The van der Waals surface area contributed by atoms with E-state index in [0.29, 0.717) is 0 Å². The predicted molar refractivity (Wildman–Crippen MR) is 116 cm³/mol. The Morgan fingerprint density at radius 1 is 1.00 bits per heavy atom. The van der Waals surface area contributed by atoms with Crippen molar-refractivity contribution in [3.63, 3.8) is 0 Å². The molecule has 0 aliphatic carbocycles. The van der Waals surface area contributed by atoms with Gasteiger partial charge in [0.05, 0.1) is 10.6 Å². The number of likely N-dealkylation sites (tertiary alicyclic amines) is 1. The number of rotatable bonds is 6. The molecule has 2 aromatic carbocycles. The second-order valence-electron chi connectivity index (χ2n) is 7.73. The highest BCUT2D eigenvalue weighted by Crippen LogP contribution is 2.24. The second-order valence-corrected chi connectivity index (χ2v) is 9.76. The van der Waals surface area contributed by atoms with Gasteiger partial charge in [-0.25, -0.2) is 13.4 Å². The maximum Gasteiger partial charge on any atom is 0.180 e. The average molecular weight is 418 g/mol. The first kappa shape index (κ1) is 20.3. The van der Waals surface area contributed by atoms with Crippen LogP contribution < -0.4 is 0 Å². The zero-order chi connectivity index (χ0) is 21.0. The SMILES string of the molecule is N#Cc1ccc(S(=O)(=O)C[C@@H]2CCN(Cc3ccc(-c4ccccc4)cc3)C2)cn1. The van der Waals surface area contributed by atoms with Gasteiger partial charge in [-0.3, -0.25) is 4.90 Å². The monoisotopic (exact) mass is 417 g/mol. The first-order valence-electron chi connectivity index (χ1n) is 9.99. The molecule has 6 heteroatoms. The first-order chi connectivity index (χ1) is 14.5. The van der Waals surface area contributed by atoms with Crippen LogP contribution in [0.5, 0.6) is 0 Å². The highest BCUT2D eigenvalue weighted by Gasteiger charge is 2.28. The van der Waals surface area contributed by atoms with E-state index in [1.165, 1.54) is 35.0 Å². The van der Waals surface area contributed by atoms with Crippen LogP contribution in [0, 0.1) is 17.2 Å². The Labute approximate surface area is 177 Å². The minimum Gasteiger partial charge on any atom is -0.299 e. The molecule has 0 bridgehead atoms. The molecular formula is C24H23N3O2S. The van der Waals surface area contributed by atoms with Gasteiger partial charge in [0.2, 0.25) is 0 Å². The topological polar surface area (TPSA) is 74.1 Å². The number of nitrogens with zero attached hydrogens (tertiary/aromatic N) is 3. The molecule has 1 aromatic heterocycles. The van der Waals surface area contributed by atoms with Crippen molar-refractivity contribution in [1.29, 1.82) is 5.26 Å². The largest absolute Gasteiger partial charge is 0.299 e. The number of benzene rings is 2. The lowest BCUT2D eigenvalue weighted by atomic mass is 10.0. The zero-order valence-electron chi connectivity index (χ0n) is 16.6. The summed E-state index contributed by atoms with van der Waals surface area (Å²) in [4.78, 5) is 6.39. The van der Waals surface area contributed by atoms with Crippen LogP contribution in [0.2, 0.25) is 0 Å². The lowest BCUT2D eigenvalue weighted by Gasteiger charge is -2.16. The molecule has 1 aliphatic rings. The van der Waals surface area contributed by atoms with E-state index in [1.807, 2.05) is 24.3 Å². The maximum absolute atomic E-state index is 12.7. The smallest absolute Gasteiger partial charge is 0.180 e. The Morgan fingerprint density at radius 3 is 2.40 bits per heavy atom. The van der Waals surface area contributed by atoms with Crippen LogP contribution in [0.3, 0.4) is 0 Å². The minimum absolute atomic E-state index is 0.106. The van der Waals surface area contributed by atoms with Crippen molar-refractivity contribution in [2.45, 2.75) is 17.9 Å². The van der Waals surface area contributed by atoms with Crippen molar-refractivity contribution in [2.75, 3.05) is 18.8 Å². The van der Waals surface area contributed by atoms with Crippen LogP contribution in [0.1, 0.15) is 17.7 Å². The van der Waals surface area contributed by atoms with Crippen molar-refractivity contribution in [3.8, 4) is 17.2 Å². The molecule has 1 aliphatic heterocycles. The fourth-order valence-electron chi connectivity index (χ4n) is 3.92. The van der Waals surface area contributed by atoms with Gasteiger partial charge in [-0.2, -0.15) is 5.26 Å². The number of pyridine rings is 1. The summed E-state index contributed by atoms with van der Waals surface area (Å²) in [6, 6.07) is 23.7. The Morgan fingerprint density at radius 2 is 1.73 bits per heavy atom. The standard InChI is InChI=1S/C24H23N3O2S/c25-14-23-10-11-24(15-26-23)30(28,29)18-20-12-13-27(17-20)16-19-6-8-22(9-7-19)21-4-2-1-3-5-21/h1-11,15,20H,12-13,16-18H2/t20-/m1/s1. The summed E-state index contributed by atoms with van der Waals surface area (Å²) in [5.74, 6) is 0.221. The molecular weight excluding hydrogens is 394 g/mol. The number of hydrogen-bond donors (Lipinski definition) is 0. The van der Waals surface area contributed by atoms with Crippen molar-refractivity contribution >= 4 is 9.84 Å². The molecule has 4 rings (SSSR count). The molecule has 1 fully saturated rings. The van der Waals surface area contributed by atoms with Gasteiger partial charge in [-0.1, -0.05) is 54.6 Å². The van der Waals surface area contributed by atoms with E-state index in [9.17, 15) is 8.42 Å². The van der Waals surface area contributed by atoms with Crippen LogP contribution >= 0.6 is 0 Å². The number of sulfone groups is 1. The fraction of sp³-hybridized carbons (Fsp3) is 0.250. The Kier molecular flexibility index (Phi) is 5.93. The van der Waals surface area contributed by atoms with Crippen molar-refractivity contribution in [1.82, 2.24) is 9.88 Å². The van der Waals surface area contributed by atoms with Crippen LogP contribution in [-0.2, 0) is 16.4 Å². The van der Waals surface area contributed by atoms with Gasteiger partial charge in [0.25, 0.3) is 0 Å². The second kappa shape index (κ2) is 8.78. The van der Waals surface area contributed by atoms with Gasteiger partial charge in [0.15, 0.2) is 9.84 Å². The van der Waals surface area contributed by atoms with Gasteiger partial charge >= 0.3 is 0 Å². The molecule has 1 saturated heterocycles. The molecule has 0 spiro atoms. The molecule has 0 N–H and O–H groups in total. The Balaban J connectivity index is 1.34. The molecule has 3 aromatic rings. The van der Waals surface area contributed by atoms with E-state index in [4.69, 9.17) is 5.26 Å².